The van der Waals surface area contributed by atoms with Crippen LogP contribution in [-0.2, 0) is 5.41 Å². The lowest BCUT2D eigenvalue weighted by Gasteiger charge is -2.40. The Kier molecular flexibility index (Phi) is 7.92. The van der Waals surface area contributed by atoms with Gasteiger partial charge in [0.05, 0.1) is 11.9 Å². The normalized spacial score (nSPS) is 14.3. The second kappa shape index (κ2) is 11.8. The third-order valence-corrected chi connectivity index (χ3v) is 7.39. The second-order valence-electron chi connectivity index (χ2n) is 9.55. The van der Waals surface area contributed by atoms with Gasteiger partial charge in [0.1, 0.15) is 0 Å². The van der Waals surface area contributed by atoms with E-state index in [4.69, 9.17) is 0 Å². The molecule has 1 saturated heterocycles. The quantitative estimate of drug-likeness (QED) is 0.231. The number of rotatable bonds is 10. The molecule has 5 rings (SSSR count). The molecular formula is C32H35N5. The Balaban J connectivity index is 1.35. The lowest BCUT2D eigenvalue weighted by molar-refractivity contribution is 0.241. The van der Waals surface area contributed by atoms with E-state index >= 15 is 0 Å². The number of benzene rings is 3. The molecule has 0 atom stereocenters. The van der Waals surface area contributed by atoms with Crippen LogP contribution in [0.2, 0.25) is 0 Å². The van der Waals surface area contributed by atoms with E-state index in [0.29, 0.717) is 6.54 Å². The van der Waals surface area contributed by atoms with E-state index in [1.807, 2.05) is 6.08 Å². The zero-order valence-electron chi connectivity index (χ0n) is 21.3. The molecule has 0 unspecified atom stereocenters. The highest BCUT2D eigenvalue weighted by Crippen LogP contribution is 2.42. The first-order valence-corrected chi connectivity index (χ1v) is 13.1. The highest BCUT2D eigenvalue weighted by molar-refractivity contribution is 5.52. The summed E-state index contributed by atoms with van der Waals surface area (Å²) >= 11 is 0. The summed E-state index contributed by atoms with van der Waals surface area (Å²) < 4.78 is 0. The molecule has 0 spiro atoms. The van der Waals surface area contributed by atoms with Gasteiger partial charge in [0.2, 0.25) is 0 Å². The summed E-state index contributed by atoms with van der Waals surface area (Å²) in [6.45, 7) is 9.38. The number of nitrogens with zero attached hydrogens (tertiary/aromatic N) is 4. The third kappa shape index (κ3) is 5.57. The van der Waals surface area contributed by atoms with Crippen molar-refractivity contribution in [2.45, 2.75) is 11.8 Å². The van der Waals surface area contributed by atoms with Crippen molar-refractivity contribution in [1.82, 2.24) is 15.1 Å². The molecule has 1 fully saturated rings. The molecule has 0 amide bonds. The van der Waals surface area contributed by atoms with Gasteiger partial charge in [0.25, 0.3) is 0 Å². The number of piperazine rings is 1. The van der Waals surface area contributed by atoms with Crippen LogP contribution < -0.4 is 10.2 Å². The van der Waals surface area contributed by atoms with Crippen LogP contribution in [0.25, 0.3) is 0 Å². The van der Waals surface area contributed by atoms with E-state index in [0.717, 1.165) is 50.6 Å². The van der Waals surface area contributed by atoms with Crippen molar-refractivity contribution in [3.63, 3.8) is 0 Å². The molecule has 5 nitrogen and oxygen atoms in total. The SMILES string of the molecule is C=CCNc1cnnc(N2CCN(CCC(c3ccccc3)(c3ccccc3)c3ccccc3)CC2)c1. The minimum Gasteiger partial charge on any atom is -0.380 e. The van der Waals surface area contributed by atoms with Crippen LogP contribution in [-0.4, -0.2) is 54.4 Å². The predicted molar refractivity (Wildman–Crippen MR) is 153 cm³/mol. The van der Waals surface area contributed by atoms with Gasteiger partial charge in [0, 0.05) is 44.2 Å². The van der Waals surface area contributed by atoms with Gasteiger partial charge in [-0.15, -0.1) is 11.7 Å². The molecule has 1 aromatic heterocycles. The number of aromatic nitrogens is 2. The Morgan fingerprint density at radius 1 is 0.784 bits per heavy atom. The molecule has 0 bridgehead atoms. The summed E-state index contributed by atoms with van der Waals surface area (Å²) in [4.78, 5) is 4.93. The van der Waals surface area contributed by atoms with Gasteiger partial charge in [0.15, 0.2) is 5.82 Å². The predicted octanol–water partition coefficient (Wildman–Crippen LogP) is 5.62. The van der Waals surface area contributed by atoms with Gasteiger partial charge in [-0.1, -0.05) is 97.1 Å². The number of hydrogen-bond donors (Lipinski definition) is 1. The first kappa shape index (κ1) is 24.7. The van der Waals surface area contributed by atoms with Crippen LogP contribution in [0.15, 0.2) is 116 Å². The Morgan fingerprint density at radius 3 is 1.84 bits per heavy atom. The van der Waals surface area contributed by atoms with Crippen molar-refractivity contribution in [3.05, 3.63) is 133 Å². The lowest BCUT2D eigenvalue weighted by atomic mass is 9.67. The fourth-order valence-corrected chi connectivity index (χ4v) is 5.42. The molecule has 4 aromatic rings. The van der Waals surface area contributed by atoms with Crippen LogP contribution in [0.4, 0.5) is 11.5 Å². The first-order chi connectivity index (χ1) is 18.3. The lowest BCUT2D eigenvalue weighted by Crippen LogP contribution is -2.48. The van der Waals surface area contributed by atoms with Crippen molar-refractivity contribution in [3.8, 4) is 0 Å². The molecule has 0 saturated carbocycles. The molecule has 5 heteroatoms. The molecular weight excluding hydrogens is 454 g/mol. The second-order valence-corrected chi connectivity index (χ2v) is 9.55. The van der Waals surface area contributed by atoms with Crippen LogP contribution >= 0.6 is 0 Å². The summed E-state index contributed by atoms with van der Waals surface area (Å²) in [6.07, 6.45) is 4.62. The number of nitrogens with one attached hydrogen (secondary N) is 1. The van der Waals surface area contributed by atoms with Gasteiger partial charge in [-0.2, -0.15) is 5.10 Å². The van der Waals surface area contributed by atoms with Crippen molar-refractivity contribution >= 4 is 11.5 Å². The van der Waals surface area contributed by atoms with Gasteiger partial charge >= 0.3 is 0 Å². The molecule has 0 aliphatic carbocycles. The van der Waals surface area contributed by atoms with E-state index in [1.165, 1.54) is 16.7 Å². The first-order valence-electron chi connectivity index (χ1n) is 13.1. The minimum absolute atomic E-state index is 0.211. The fourth-order valence-electron chi connectivity index (χ4n) is 5.42. The number of anilines is 2. The maximum absolute atomic E-state index is 4.39. The highest BCUT2D eigenvalue weighted by atomic mass is 15.3. The van der Waals surface area contributed by atoms with E-state index in [-0.39, 0.29) is 5.41 Å². The van der Waals surface area contributed by atoms with Gasteiger partial charge in [-0.05, 0) is 29.7 Å². The summed E-state index contributed by atoms with van der Waals surface area (Å²) in [5, 5.41) is 11.9. The van der Waals surface area contributed by atoms with Gasteiger partial charge < -0.3 is 10.2 Å². The largest absolute Gasteiger partial charge is 0.380 e. The zero-order chi connectivity index (χ0) is 25.3. The van der Waals surface area contributed by atoms with E-state index in [9.17, 15) is 0 Å². The van der Waals surface area contributed by atoms with Crippen LogP contribution in [0, 0.1) is 0 Å². The summed E-state index contributed by atoms with van der Waals surface area (Å²) in [5.41, 5.74) is 4.78. The van der Waals surface area contributed by atoms with Crippen molar-refractivity contribution in [2.24, 2.45) is 0 Å². The molecule has 1 aliphatic heterocycles. The third-order valence-electron chi connectivity index (χ3n) is 7.39. The van der Waals surface area contributed by atoms with Crippen LogP contribution in [0.1, 0.15) is 23.1 Å². The van der Waals surface area contributed by atoms with Gasteiger partial charge in [-0.25, -0.2) is 0 Å². The van der Waals surface area contributed by atoms with Crippen LogP contribution in [0.5, 0.6) is 0 Å². The summed E-state index contributed by atoms with van der Waals surface area (Å²) in [6, 6.07) is 35.1. The maximum atomic E-state index is 4.39. The molecule has 0 radical (unpaired) electrons. The number of hydrogen-bond acceptors (Lipinski definition) is 5. The Labute approximate surface area is 220 Å². The van der Waals surface area contributed by atoms with E-state index in [2.05, 4.69) is 129 Å². The van der Waals surface area contributed by atoms with Crippen LogP contribution in [0.3, 0.4) is 0 Å². The Morgan fingerprint density at radius 2 is 1.32 bits per heavy atom. The van der Waals surface area contributed by atoms with Gasteiger partial charge in [-0.3, -0.25) is 4.90 Å². The molecule has 1 aliphatic rings. The maximum Gasteiger partial charge on any atom is 0.153 e. The molecule has 3 aromatic carbocycles. The molecule has 188 valence electrons. The van der Waals surface area contributed by atoms with Crippen molar-refractivity contribution in [2.75, 3.05) is 49.5 Å². The van der Waals surface area contributed by atoms with Crippen molar-refractivity contribution in [1.29, 1.82) is 0 Å². The zero-order valence-corrected chi connectivity index (χ0v) is 21.3. The van der Waals surface area contributed by atoms with Crippen molar-refractivity contribution < 1.29 is 0 Å². The smallest absolute Gasteiger partial charge is 0.153 e. The fraction of sp³-hybridized carbons (Fsp3) is 0.250. The summed E-state index contributed by atoms with van der Waals surface area (Å²) in [5.74, 6) is 0.931. The average Bonchev–Trinajstić information content (AvgIpc) is 2.98. The topological polar surface area (TPSA) is 44.3 Å². The monoisotopic (exact) mass is 489 g/mol. The summed E-state index contributed by atoms with van der Waals surface area (Å²) in [7, 11) is 0. The van der Waals surface area contributed by atoms with E-state index in [1.54, 1.807) is 6.20 Å². The van der Waals surface area contributed by atoms with E-state index < -0.39 is 0 Å². The standard InChI is InChI=1S/C32H35N5/c1-2-19-33-30-25-31(35-34-26-30)37-23-21-36(22-24-37)20-18-32(27-12-6-3-7-13-27,28-14-8-4-9-15-28)29-16-10-5-11-17-29/h2-17,25-26H,1,18-24H2,(H,33,35). The molecule has 2 heterocycles. The molecule has 1 N–H and O–H groups in total. The highest BCUT2D eigenvalue weighted by Gasteiger charge is 2.36. The minimum atomic E-state index is -0.211. The average molecular weight is 490 g/mol. The Hall–Kier alpha value is -3.96. The molecule has 37 heavy (non-hydrogen) atoms. The Bertz CT molecular complexity index is 1160.